The Morgan fingerprint density at radius 2 is 0.741 bits per heavy atom. The molecular weight excluding hydrogens is 768 g/mol. The van der Waals surface area contributed by atoms with Gasteiger partial charge in [0.1, 0.15) is 0 Å². The number of nitrogens with one attached hydrogen (secondary N) is 1. The maximum Gasteiger partial charge on any atom is 0.335 e. The van der Waals surface area contributed by atoms with Crippen LogP contribution in [0.5, 0.6) is 0 Å². The van der Waals surface area contributed by atoms with Crippen LogP contribution >= 0.6 is 0 Å². The molecule has 0 aromatic heterocycles. The zero-order valence-corrected chi connectivity index (χ0v) is 34.9. The molecule has 0 aliphatic carbocycles. The highest BCUT2D eigenvalue weighted by Crippen LogP contribution is 2.12. The van der Waals surface area contributed by atoms with E-state index >= 15 is 0 Å². The Labute approximate surface area is 344 Å². The number of carbonyl (C=O) groups is 4. The van der Waals surface area contributed by atoms with E-state index < -0.39 is 17.8 Å². The van der Waals surface area contributed by atoms with Gasteiger partial charge in [0.2, 0.25) is 5.91 Å². The molecule has 0 spiro atoms. The molecule has 1 heterocycles. The van der Waals surface area contributed by atoms with Gasteiger partial charge in [0.25, 0.3) is 11.8 Å². The molecule has 1 rings (SSSR count). The number of imide groups is 1. The van der Waals surface area contributed by atoms with Crippen LogP contribution in [-0.4, -0.2) is 194 Å². The summed E-state index contributed by atoms with van der Waals surface area (Å²) in [5, 5.41) is 3.40. The van der Waals surface area contributed by atoms with E-state index in [1.54, 1.807) is 0 Å². The van der Waals surface area contributed by atoms with E-state index in [1.807, 2.05) is 0 Å². The summed E-state index contributed by atoms with van der Waals surface area (Å²) in [5.74, 6) is -1.63. The first-order valence-corrected chi connectivity index (χ1v) is 20.8. The lowest BCUT2D eigenvalue weighted by molar-refractivity contribution is -0.198. The summed E-state index contributed by atoms with van der Waals surface area (Å²) >= 11 is 0. The monoisotopic (exact) mass is 840 g/mol. The first-order valence-electron chi connectivity index (χ1n) is 20.8. The van der Waals surface area contributed by atoms with E-state index in [2.05, 4.69) is 12.2 Å². The van der Waals surface area contributed by atoms with Gasteiger partial charge in [0.15, 0.2) is 0 Å². The summed E-state index contributed by atoms with van der Waals surface area (Å²) in [4.78, 5) is 51.0. The first kappa shape index (κ1) is 53.6. The largest absolute Gasteiger partial charge is 0.378 e. The van der Waals surface area contributed by atoms with Crippen molar-refractivity contribution in [2.24, 2.45) is 0 Å². The normalized spacial score (nSPS) is 12.9. The Balaban J connectivity index is 1.64. The molecule has 0 radical (unpaired) electrons. The summed E-state index contributed by atoms with van der Waals surface area (Å²) in [6.07, 6.45) is 6.33. The second kappa shape index (κ2) is 42.7. The number of amides is 3. The molecule has 58 heavy (non-hydrogen) atoms. The molecule has 340 valence electrons. The van der Waals surface area contributed by atoms with Crippen molar-refractivity contribution in [1.82, 2.24) is 10.4 Å². The zero-order valence-electron chi connectivity index (χ0n) is 34.9. The molecule has 0 aromatic rings. The second-order valence-electron chi connectivity index (χ2n) is 12.7. The number of nitrogens with zero attached hydrogens (tertiary/aromatic N) is 1. The minimum Gasteiger partial charge on any atom is -0.378 e. The topological polar surface area (TPSA) is 204 Å². The van der Waals surface area contributed by atoms with Crippen molar-refractivity contribution in [2.45, 2.75) is 64.7 Å². The quantitative estimate of drug-likeness (QED) is 0.0684. The van der Waals surface area contributed by atoms with Crippen LogP contribution in [0.1, 0.15) is 64.7 Å². The van der Waals surface area contributed by atoms with E-state index in [0.717, 1.165) is 12.8 Å². The molecule has 1 aliphatic rings. The molecule has 0 saturated carbocycles. The lowest BCUT2D eigenvalue weighted by Crippen LogP contribution is -2.32. The van der Waals surface area contributed by atoms with Gasteiger partial charge in [-0.1, -0.05) is 32.6 Å². The van der Waals surface area contributed by atoms with Gasteiger partial charge in [-0.05, 0) is 6.42 Å². The summed E-state index contributed by atoms with van der Waals surface area (Å²) in [7, 11) is 0. The molecule has 1 N–H and O–H groups in total. The standard InChI is InChI=1S/C39H72N2O17/c1-2-3-4-5-6-7-36(42)40-11-13-47-15-17-49-19-21-51-23-25-53-27-29-55-31-33-57-35-34-56-32-30-54-28-26-52-24-22-50-20-18-48-16-14-46-12-10-39(45)58-41-37(43)8-9-38(41)44/h2-35H2,1H3,(H,40,42). The van der Waals surface area contributed by atoms with Crippen molar-refractivity contribution < 1.29 is 80.9 Å². The van der Waals surface area contributed by atoms with Crippen molar-refractivity contribution in [2.75, 3.05) is 165 Å². The van der Waals surface area contributed by atoms with Crippen LogP contribution in [0, 0.1) is 0 Å². The van der Waals surface area contributed by atoms with E-state index in [0.29, 0.717) is 163 Å². The van der Waals surface area contributed by atoms with Gasteiger partial charge in [0.05, 0.1) is 165 Å². The van der Waals surface area contributed by atoms with Crippen LogP contribution in [-0.2, 0) is 80.9 Å². The predicted octanol–water partition coefficient (Wildman–Crippen LogP) is 1.66. The molecule has 0 aromatic carbocycles. The van der Waals surface area contributed by atoms with Gasteiger partial charge in [-0.3, -0.25) is 14.4 Å². The molecule has 0 atom stereocenters. The molecule has 0 unspecified atom stereocenters. The van der Waals surface area contributed by atoms with Crippen molar-refractivity contribution in [1.29, 1.82) is 0 Å². The number of hydrogen-bond donors (Lipinski definition) is 1. The maximum absolute atomic E-state index is 11.7. The van der Waals surface area contributed by atoms with E-state index in [4.69, 9.17) is 61.7 Å². The molecule has 1 saturated heterocycles. The molecule has 0 bridgehead atoms. The fourth-order valence-corrected chi connectivity index (χ4v) is 4.72. The van der Waals surface area contributed by atoms with Crippen molar-refractivity contribution >= 4 is 23.7 Å². The van der Waals surface area contributed by atoms with Gasteiger partial charge in [-0.2, -0.15) is 0 Å². The highest BCUT2D eigenvalue weighted by atomic mass is 16.7. The van der Waals surface area contributed by atoms with Gasteiger partial charge < -0.3 is 67.0 Å². The van der Waals surface area contributed by atoms with Gasteiger partial charge in [-0.25, -0.2) is 4.79 Å². The van der Waals surface area contributed by atoms with Gasteiger partial charge in [0, 0.05) is 25.8 Å². The summed E-state index contributed by atoms with van der Waals surface area (Å²) in [5.41, 5.74) is 0. The number of carbonyl (C=O) groups excluding carboxylic acids is 4. The molecule has 19 nitrogen and oxygen atoms in total. The minimum atomic E-state index is -0.701. The SMILES string of the molecule is CCCCCCCC(=O)NCCOCCOCCOCCOCCOCCOCCOCCOCCOCCOCCOCCOCCC(=O)ON1C(=O)CCC1=O. The molecule has 19 heteroatoms. The fraction of sp³-hybridized carbons (Fsp3) is 0.897. The minimum absolute atomic E-state index is 0.0564. The molecular formula is C39H72N2O17. The zero-order chi connectivity index (χ0) is 41.8. The average Bonchev–Trinajstić information content (AvgIpc) is 3.53. The number of hydrogen-bond acceptors (Lipinski definition) is 17. The molecule has 3 amide bonds. The molecule has 1 aliphatic heterocycles. The van der Waals surface area contributed by atoms with Crippen LogP contribution in [0.3, 0.4) is 0 Å². The number of ether oxygens (including phenoxy) is 12. The van der Waals surface area contributed by atoms with Crippen LogP contribution < -0.4 is 5.32 Å². The fourth-order valence-electron chi connectivity index (χ4n) is 4.72. The predicted molar refractivity (Wildman–Crippen MR) is 208 cm³/mol. The highest BCUT2D eigenvalue weighted by molar-refractivity contribution is 6.01. The third-order valence-corrected chi connectivity index (χ3v) is 7.82. The number of unbranched alkanes of at least 4 members (excludes halogenated alkanes) is 4. The van der Waals surface area contributed by atoms with Crippen LogP contribution in [0.25, 0.3) is 0 Å². The van der Waals surface area contributed by atoms with Crippen LogP contribution in [0.4, 0.5) is 0 Å². The Morgan fingerprint density at radius 1 is 0.431 bits per heavy atom. The Bertz CT molecular complexity index is 964. The summed E-state index contributed by atoms with van der Waals surface area (Å²) in [6, 6.07) is 0. The number of hydroxylamine groups is 2. The Hall–Kier alpha value is -2.40. The molecule has 1 fully saturated rings. The number of rotatable bonds is 46. The van der Waals surface area contributed by atoms with E-state index in [1.165, 1.54) is 19.3 Å². The smallest absolute Gasteiger partial charge is 0.335 e. The van der Waals surface area contributed by atoms with Crippen molar-refractivity contribution in [3.05, 3.63) is 0 Å². The third-order valence-electron chi connectivity index (χ3n) is 7.82. The van der Waals surface area contributed by atoms with Crippen molar-refractivity contribution in [3.8, 4) is 0 Å². The lowest BCUT2D eigenvalue weighted by Gasteiger charge is -2.12. The Morgan fingerprint density at radius 3 is 1.09 bits per heavy atom. The Kier molecular flexibility index (Phi) is 39.5. The van der Waals surface area contributed by atoms with Gasteiger partial charge >= 0.3 is 5.97 Å². The van der Waals surface area contributed by atoms with Crippen LogP contribution in [0.2, 0.25) is 0 Å². The summed E-state index contributed by atoms with van der Waals surface area (Å²) in [6.45, 7) is 13.2. The third kappa shape index (κ3) is 36.7. The highest BCUT2D eigenvalue weighted by Gasteiger charge is 2.32. The van der Waals surface area contributed by atoms with Crippen LogP contribution in [0.15, 0.2) is 0 Å². The van der Waals surface area contributed by atoms with Crippen molar-refractivity contribution in [3.63, 3.8) is 0 Å². The first-order chi connectivity index (χ1) is 28.5. The maximum atomic E-state index is 11.7. The lowest BCUT2D eigenvalue weighted by atomic mass is 10.1. The average molecular weight is 841 g/mol. The van der Waals surface area contributed by atoms with E-state index in [-0.39, 0.29) is 38.4 Å². The van der Waals surface area contributed by atoms with Gasteiger partial charge in [-0.15, -0.1) is 5.06 Å². The second-order valence-corrected chi connectivity index (χ2v) is 12.7. The summed E-state index contributed by atoms with van der Waals surface area (Å²) < 4.78 is 65.4. The van der Waals surface area contributed by atoms with E-state index in [9.17, 15) is 19.2 Å².